The summed E-state index contributed by atoms with van der Waals surface area (Å²) in [5, 5.41) is 34.1. The highest BCUT2D eigenvalue weighted by atomic mass is 35.5. The molecule has 1 fully saturated rings. The van der Waals surface area contributed by atoms with Crippen LogP contribution in [0.4, 0.5) is 28.9 Å². The number of benzene rings is 3. The molecule has 1 aliphatic rings. The van der Waals surface area contributed by atoms with E-state index in [1.165, 1.54) is 24.4 Å². The molecule has 2 heterocycles. The maximum Gasteiger partial charge on any atom is 0.413 e. The van der Waals surface area contributed by atoms with Crippen LogP contribution in [0.15, 0.2) is 79.1 Å². The van der Waals surface area contributed by atoms with Crippen LogP contribution in [0.2, 0.25) is 5.02 Å². The first-order valence-electron chi connectivity index (χ1n) is 14.7. The van der Waals surface area contributed by atoms with Crippen molar-refractivity contribution in [3.63, 3.8) is 0 Å². The van der Waals surface area contributed by atoms with Crippen LogP contribution in [0, 0.1) is 28.5 Å². The van der Waals surface area contributed by atoms with Crippen molar-refractivity contribution in [2.75, 3.05) is 10.6 Å². The summed E-state index contributed by atoms with van der Waals surface area (Å²) in [6.07, 6.45) is -1.79. The first-order valence-corrected chi connectivity index (χ1v) is 14.6. The highest BCUT2D eigenvalue weighted by Gasteiger charge is 2.66. The SMILES string of the molecule is [2H][C@](Nc1cc(Cl)c2ncc(C#N)c(N[C@H](CCC#N)c3ccccc3)c2c1)(c1ccc(F)cc1)c1cn(C2(C(F)(F)F)CC2)nn1. The zero-order chi connectivity index (χ0) is 33.4. The first kappa shape index (κ1) is 29.5. The van der Waals surface area contributed by atoms with Crippen LogP contribution in [-0.2, 0) is 5.54 Å². The van der Waals surface area contributed by atoms with Crippen LogP contribution < -0.4 is 10.6 Å². The van der Waals surface area contributed by atoms with E-state index in [4.69, 9.17) is 11.6 Å². The number of nitrogens with zero attached hydrogens (tertiary/aromatic N) is 6. The average Bonchev–Trinajstić information content (AvgIpc) is 3.73. The van der Waals surface area contributed by atoms with Gasteiger partial charge < -0.3 is 10.6 Å². The quantitative estimate of drug-likeness (QED) is 0.147. The number of nitriles is 2. The lowest BCUT2D eigenvalue weighted by Gasteiger charge is -2.23. The number of alkyl halides is 3. The summed E-state index contributed by atoms with van der Waals surface area (Å²) in [6, 6.07) is 19.3. The molecule has 232 valence electrons. The van der Waals surface area contributed by atoms with E-state index in [1.54, 1.807) is 6.07 Å². The summed E-state index contributed by atoms with van der Waals surface area (Å²) in [5.74, 6) is -0.572. The largest absolute Gasteiger partial charge is 0.413 e. The Hall–Kier alpha value is -5.20. The molecule has 0 saturated heterocycles. The van der Waals surface area contributed by atoms with Crippen LogP contribution in [0.5, 0.6) is 0 Å². The van der Waals surface area contributed by atoms with Crippen molar-refractivity contribution in [1.29, 1.82) is 10.5 Å². The zero-order valence-corrected chi connectivity index (χ0v) is 24.7. The summed E-state index contributed by atoms with van der Waals surface area (Å²) in [6.45, 7) is 0. The lowest BCUT2D eigenvalue weighted by molar-refractivity contribution is -0.182. The number of fused-ring (bicyclic) bond motifs is 1. The molecular formula is C33H25ClF4N8. The first-order chi connectivity index (χ1) is 22.5. The van der Waals surface area contributed by atoms with Gasteiger partial charge in [0, 0.05) is 23.7 Å². The van der Waals surface area contributed by atoms with Crippen LogP contribution in [-0.4, -0.2) is 26.2 Å². The van der Waals surface area contributed by atoms with Gasteiger partial charge in [0.05, 0.1) is 47.5 Å². The lowest BCUT2D eigenvalue weighted by atomic mass is 10.00. The second-order valence-corrected chi connectivity index (χ2v) is 11.3. The molecule has 0 bridgehead atoms. The minimum absolute atomic E-state index is 0.157. The maximum absolute atomic E-state index is 13.9. The van der Waals surface area contributed by atoms with Crippen LogP contribution in [0.1, 0.15) is 61.5 Å². The smallest absolute Gasteiger partial charge is 0.377 e. The van der Waals surface area contributed by atoms with Gasteiger partial charge in [0.15, 0.2) is 5.54 Å². The Bertz CT molecular complexity index is 2020. The predicted molar refractivity (Wildman–Crippen MR) is 164 cm³/mol. The second kappa shape index (κ2) is 12.3. The van der Waals surface area contributed by atoms with Gasteiger partial charge in [0.25, 0.3) is 0 Å². The van der Waals surface area contributed by atoms with E-state index in [9.17, 15) is 29.5 Å². The standard InChI is InChI=1S/C33H25ClF4N8/c34-26-16-24(15-25-29(22(17-40)18-41-31(25)26)43-27(7-4-14-39)20-5-2-1-3-6-20)42-30(21-8-10-23(35)11-9-21)28-19-46(45-44-28)32(12-13-32)33(36,37)38/h1-3,5-6,8-11,15-16,18-19,27,30,42H,4,7,12-13H2,(H,41,43)/t27-,30+/m1/s1/i30D. The molecule has 1 aliphatic carbocycles. The molecular weight excluding hydrogens is 620 g/mol. The Labute approximate surface area is 267 Å². The molecule has 0 aliphatic heterocycles. The van der Waals surface area contributed by atoms with Crippen LogP contribution in [0.25, 0.3) is 10.9 Å². The monoisotopic (exact) mass is 645 g/mol. The topological polar surface area (TPSA) is 115 Å². The molecule has 0 radical (unpaired) electrons. The van der Waals surface area contributed by atoms with Crippen molar-refractivity contribution in [1.82, 2.24) is 20.0 Å². The normalized spacial score (nSPS) is 16.0. The van der Waals surface area contributed by atoms with Crippen molar-refractivity contribution in [3.8, 4) is 12.1 Å². The Morgan fingerprint density at radius 3 is 2.43 bits per heavy atom. The third-order valence-corrected chi connectivity index (χ3v) is 8.24. The van der Waals surface area contributed by atoms with Gasteiger partial charge in [-0.3, -0.25) is 4.98 Å². The number of nitrogens with one attached hydrogen (secondary N) is 2. The van der Waals surface area contributed by atoms with Crippen molar-refractivity contribution >= 4 is 33.9 Å². The van der Waals surface area contributed by atoms with Gasteiger partial charge >= 0.3 is 6.18 Å². The molecule has 2 N–H and O–H groups in total. The molecule has 6 rings (SSSR count). The van der Waals surface area contributed by atoms with Crippen LogP contribution >= 0.6 is 11.6 Å². The number of anilines is 2. The van der Waals surface area contributed by atoms with E-state index in [0.717, 1.165) is 28.6 Å². The average molecular weight is 646 g/mol. The van der Waals surface area contributed by atoms with Gasteiger partial charge in [0.2, 0.25) is 0 Å². The number of pyridine rings is 1. The summed E-state index contributed by atoms with van der Waals surface area (Å²) >= 11 is 6.71. The fraction of sp³-hybridized carbons (Fsp3) is 0.242. The molecule has 2 atom stereocenters. The Morgan fingerprint density at radius 2 is 1.78 bits per heavy atom. The summed E-state index contributed by atoms with van der Waals surface area (Å²) in [4.78, 5) is 4.38. The van der Waals surface area contributed by atoms with Gasteiger partial charge in [-0.25, -0.2) is 9.07 Å². The summed E-state index contributed by atoms with van der Waals surface area (Å²) < 4.78 is 65.9. The molecule has 3 aromatic carbocycles. The van der Waals surface area contributed by atoms with Gasteiger partial charge in [-0.15, -0.1) is 5.10 Å². The number of rotatable bonds is 10. The van der Waals surface area contributed by atoms with Crippen molar-refractivity contribution in [2.24, 2.45) is 0 Å². The Balaban J connectivity index is 1.46. The van der Waals surface area contributed by atoms with E-state index < -0.39 is 23.6 Å². The van der Waals surface area contributed by atoms with E-state index in [-0.39, 0.29) is 52.8 Å². The number of hydrogen-bond acceptors (Lipinski definition) is 7. The molecule has 46 heavy (non-hydrogen) atoms. The van der Waals surface area contributed by atoms with E-state index in [0.29, 0.717) is 23.0 Å². The third-order valence-electron chi connectivity index (χ3n) is 7.95. The molecule has 2 aromatic heterocycles. The molecule has 0 unspecified atom stereocenters. The second-order valence-electron chi connectivity index (χ2n) is 10.9. The van der Waals surface area contributed by atoms with Gasteiger partial charge in [0.1, 0.15) is 17.6 Å². The number of hydrogen-bond donors (Lipinski definition) is 2. The zero-order valence-electron chi connectivity index (χ0n) is 25.0. The van der Waals surface area contributed by atoms with Crippen molar-refractivity contribution < 1.29 is 18.9 Å². The third kappa shape index (κ3) is 5.92. The highest BCUT2D eigenvalue weighted by Crippen LogP contribution is 2.55. The Kier molecular flexibility index (Phi) is 7.89. The molecule has 0 amide bonds. The van der Waals surface area contributed by atoms with Gasteiger partial charge in [-0.1, -0.05) is 59.3 Å². The number of aromatic nitrogens is 4. The van der Waals surface area contributed by atoms with Gasteiger partial charge in [-0.2, -0.15) is 23.7 Å². The fourth-order valence-corrected chi connectivity index (χ4v) is 5.62. The summed E-state index contributed by atoms with van der Waals surface area (Å²) in [7, 11) is 0. The van der Waals surface area contributed by atoms with Gasteiger partial charge in [-0.05, 0) is 54.7 Å². The molecule has 0 spiro atoms. The Morgan fingerprint density at radius 1 is 1.04 bits per heavy atom. The van der Waals surface area contributed by atoms with E-state index in [2.05, 4.69) is 38.1 Å². The van der Waals surface area contributed by atoms with Crippen molar-refractivity contribution in [2.45, 2.75) is 49.5 Å². The minimum Gasteiger partial charge on any atom is -0.377 e. The van der Waals surface area contributed by atoms with E-state index in [1.807, 2.05) is 30.3 Å². The lowest BCUT2D eigenvalue weighted by Crippen LogP contribution is -2.35. The van der Waals surface area contributed by atoms with E-state index >= 15 is 0 Å². The number of halogens is 5. The molecule has 13 heteroatoms. The molecule has 8 nitrogen and oxygen atoms in total. The maximum atomic E-state index is 13.9. The highest BCUT2D eigenvalue weighted by molar-refractivity contribution is 6.35. The minimum atomic E-state index is -4.57. The van der Waals surface area contributed by atoms with Crippen molar-refractivity contribution in [3.05, 3.63) is 112 Å². The summed E-state index contributed by atoms with van der Waals surface area (Å²) in [5.41, 5.74) is -0.149. The molecule has 5 aromatic rings. The molecule has 1 saturated carbocycles. The predicted octanol–water partition coefficient (Wildman–Crippen LogP) is 8.20. The van der Waals surface area contributed by atoms with Crippen LogP contribution in [0.3, 0.4) is 0 Å². The fourth-order valence-electron chi connectivity index (χ4n) is 5.36.